The maximum Gasteiger partial charge on any atom is 0.410 e. The first-order chi connectivity index (χ1) is 28.0. The largest absolute Gasteiger partial charge is 0.450 e. The molecule has 6 fully saturated rings. The van der Waals surface area contributed by atoms with E-state index in [0.717, 1.165) is 63.0 Å². The van der Waals surface area contributed by atoms with Crippen molar-refractivity contribution in [3.05, 3.63) is 143 Å². The van der Waals surface area contributed by atoms with E-state index in [2.05, 4.69) is 76.5 Å². The minimum atomic E-state index is -0.235. The molecule has 8 aliphatic heterocycles. The Hall–Kier alpha value is -4.70. The highest BCUT2D eigenvalue weighted by atomic mass is 16.6. The standard InChI is InChI=1S/C23H26N2O2.C18H19NO2.C7H13NO.CH4/c26-23(27-21-16-24-13-10-18(21)11-14-24)25-15-12-17-6-4-5-9-20(17)22(25)19-7-2-1-3-8-19;1-2-21-18(20)19-13-12-14-8-6-7-11-16(14)17(19)15-9-4-3-5-10-15;9-7-5-8-3-1-6(7)2-4-8;/h1-9,18,21-22H,10-16H2;3-11,17H,2,12-13H2,1H3;6-7,9H,1-5H2;1H4/t21-,22-;17-;7-;/m000./s1. The molecule has 4 atom stereocenters. The highest BCUT2D eigenvalue weighted by molar-refractivity contribution is 5.71. The van der Waals surface area contributed by atoms with E-state index in [0.29, 0.717) is 31.5 Å². The van der Waals surface area contributed by atoms with Crippen molar-refractivity contribution in [3.63, 3.8) is 0 Å². The van der Waals surface area contributed by atoms with Gasteiger partial charge in [0.25, 0.3) is 0 Å². The molecule has 8 aliphatic rings. The average Bonchev–Trinajstić information content (AvgIpc) is 3.27. The van der Waals surface area contributed by atoms with Gasteiger partial charge in [0.05, 0.1) is 24.8 Å². The highest BCUT2D eigenvalue weighted by Gasteiger charge is 2.40. The molecule has 6 saturated heterocycles. The second-order valence-electron chi connectivity index (χ2n) is 16.4. The van der Waals surface area contributed by atoms with Gasteiger partial charge >= 0.3 is 12.2 Å². The van der Waals surface area contributed by atoms with Crippen molar-refractivity contribution < 1.29 is 24.2 Å². The number of rotatable bonds is 4. The molecular formula is C49H62N4O5. The predicted molar refractivity (Wildman–Crippen MR) is 229 cm³/mol. The summed E-state index contributed by atoms with van der Waals surface area (Å²) in [5.74, 6) is 1.17. The SMILES string of the molecule is C.CCOC(=O)N1CCc2ccccc2[C@@H]1c1ccccc1.O=C(O[C@H]1CN2CCC1CC2)N1CCc2ccccc2[C@@H]1c1ccccc1.O[C@H]1CN2CCC1CC2. The van der Waals surface area contributed by atoms with E-state index in [1.165, 1.54) is 48.2 Å². The summed E-state index contributed by atoms with van der Waals surface area (Å²) in [6.45, 7) is 10.2. The number of nitrogens with zero attached hydrogens (tertiary/aromatic N) is 4. The van der Waals surface area contributed by atoms with Gasteiger partial charge in [0.1, 0.15) is 6.10 Å². The Balaban J connectivity index is 0.000000146. The van der Waals surface area contributed by atoms with Gasteiger partial charge in [-0.2, -0.15) is 0 Å². The van der Waals surface area contributed by atoms with E-state index in [1.54, 1.807) is 0 Å². The lowest BCUT2D eigenvalue weighted by atomic mass is 9.86. The zero-order valence-electron chi connectivity index (χ0n) is 33.3. The molecule has 0 spiro atoms. The fraction of sp³-hybridized carbons (Fsp3) is 0.469. The number of amides is 2. The lowest BCUT2D eigenvalue weighted by molar-refractivity contribution is -0.0462. The first kappa shape index (κ1) is 41.5. The maximum absolute atomic E-state index is 13.2. The Labute approximate surface area is 345 Å². The summed E-state index contributed by atoms with van der Waals surface area (Å²) in [6, 6.07) is 37.2. The van der Waals surface area contributed by atoms with Crippen LogP contribution in [-0.4, -0.2) is 108 Å². The third-order valence-electron chi connectivity index (χ3n) is 13.0. The summed E-state index contributed by atoms with van der Waals surface area (Å²) < 4.78 is 11.3. The third kappa shape index (κ3) is 9.27. The number of aliphatic hydroxyl groups excluding tert-OH is 1. The van der Waals surface area contributed by atoms with Crippen molar-refractivity contribution in [3.8, 4) is 0 Å². The summed E-state index contributed by atoms with van der Waals surface area (Å²) >= 11 is 0. The van der Waals surface area contributed by atoms with Crippen molar-refractivity contribution in [1.82, 2.24) is 19.6 Å². The zero-order valence-corrected chi connectivity index (χ0v) is 33.3. The molecule has 0 aromatic heterocycles. The van der Waals surface area contributed by atoms with Crippen LogP contribution in [0.2, 0.25) is 0 Å². The van der Waals surface area contributed by atoms with Crippen LogP contribution in [0, 0.1) is 11.8 Å². The van der Waals surface area contributed by atoms with Crippen molar-refractivity contribution >= 4 is 12.2 Å². The van der Waals surface area contributed by atoms with E-state index in [4.69, 9.17) is 9.47 Å². The van der Waals surface area contributed by atoms with E-state index in [9.17, 15) is 14.7 Å². The molecule has 1 N–H and O–H groups in total. The number of fused-ring (bicyclic) bond motifs is 8. The van der Waals surface area contributed by atoms with Gasteiger partial charge in [-0.1, -0.05) is 117 Å². The van der Waals surface area contributed by atoms with E-state index >= 15 is 0 Å². The lowest BCUT2D eigenvalue weighted by Gasteiger charge is -2.45. The number of hydrogen-bond acceptors (Lipinski definition) is 7. The lowest BCUT2D eigenvalue weighted by Crippen LogP contribution is -2.53. The van der Waals surface area contributed by atoms with Crippen LogP contribution in [-0.2, 0) is 22.3 Å². The molecule has 8 heterocycles. The summed E-state index contributed by atoms with van der Waals surface area (Å²) in [4.78, 5) is 34.1. The summed E-state index contributed by atoms with van der Waals surface area (Å²) in [5, 5.41) is 9.36. The Bertz CT molecular complexity index is 1930. The molecule has 0 saturated carbocycles. The summed E-state index contributed by atoms with van der Waals surface area (Å²) in [7, 11) is 0. The van der Waals surface area contributed by atoms with Gasteiger partial charge < -0.3 is 19.5 Å². The normalized spacial score (nSPS) is 27.6. The maximum atomic E-state index is 13.2. The van der Waals surface area contributed by atoms with E-state index in [-0.39, 0.29) is 43.9 Å². The topological polar surface area (TPSA) is 85.8 Å². The van der Waals surface area contributed by atoms with Crippen LogP contribution >= 0.6 is 0 Å². The minimum Gasteiger partial charge on any atom is -0.450 e. The fourth-order valence-corrected chi connectivity index (χ4v) is 9.90. The molecule has 12 rings (SSSR count). The number of carbonyl (C=O) groups is 2. The van der Waals surface area contributed by atoms with Gasteiger partial charge in [0.15, 0.2) is 0 Å². The van der Waals surface area contributed by atoms with E-state index in [1.807, 2.05) is 59.2 Å². The van der Waals surface area contributed by atoms with Crippen molar-refractivity contribution in [2.45, 2.75) is 77.2 Å². The average molecular weight is 787 g/mol. The molecule has 4 aromatic carbocycles. The Morgan fingerprint density at radius 1 is 0.586 bits per heavy atom. The van der Waals surface area contributed by atoms with Crippen molar-refractivity contribution in [2.75, 3.05) is 59.0 Å². The Kier molecular flexibility index (Phi) is 13.8. The summed E-state index contributed by atoms with van der Waals surface area (Å²) in [5.41, 5.74) is 7.34. The highest BCUT2D eigenvalue weighted by Crippen LogP contribution is 2.38. The molecule has 0 aliphatic carbocycles. The molecule has 9 nitrogen and oxygen atoms in total. The van der Waals surface area contributed by atoms with Gasteiger partial charge in [0.2, 0.25) is 0 Å². The Morgan fingerprint density at radius 2 is 1.03 bits per heavy atom. The van der Waals surface area contributed by atoms with Gasteiger partial charge in [-0.3, -0.25) is 14.7 Å². The van der Waals surface area contributed by atoms with Crippen molar-refractivity contribution in [1.29, 1.82) is 0 Å². The number of ether oxygens (including phenoxy) is 2. The van der Waals surface area contributed by atoms with Gasteiger partial charge in [-0.15, -0.1) is 0 Å². The smallest absolute Gasteiger partial charge is 0.410 e. The summed E-state index contributed by atoms with van der Waals surface area (Å²) in [6.07, 6.45) is 6.17. The molecule has 0 radical (unpaired) electrons. The predicted octanol–water partition coefficient (Wildman–Crippen LogP) is 8.36. The van der Waals surface area contributed by atoms with Crippen LogP contribution in [0.15, 0.2) is 109 Å². The quantitative estimate of drug-likeness (QED) is 0.223. The van der Waals surface area contributed by atoms with Crippen LogP contribution in [0.5, 0.6) is 0 Å². The number of benzene rings is 4. The van der Waals surface area contributed by atoms with Gasteiger partial charge in [0, 0.05) is 26.2 Å². The number of hydrogen-bond donors (Lipinski definition) is 1. The monoisotopic (exact) mass is 786 g/mol. The first-order valence-corrected chi connectivity index (χ1v) is 21.3. The van der Waals surface area contributed by atoms with Crippen LogP contribution in [0.4, 0.5) is 9.59 Å². The van der Waals surface area contributed by atoms with Crippen LogP contribution in [0.1, 0.15) is 85.5 Å². The van der Waals surface area contributed by atoms with E-state index < -0.39 is 0 Å². The second kappa shape index (κ2) is 19.4. The third-order valence-corrected chi connectivity index (χ3v) is 13.0. The molecule has 308 valence electrons. The molecule has 4 bridgehead atoms. The van der Waals surface area contributed by atoms with Crippen molar-refractivity contribution in [2.24, 2.45) is 11.8 Å². The molecule has 9 heteroatoms. The van der Waals surface area contributed by atoms with Crippen LogP contribution in [0.3, 0.4) is 0 Å². The zero-order chi connectivity index (χ0) is 39.1. The number of aliphatic hydroxyl groups is 1. The Morgan fingerprint density at radius 3 is 1.45 bits per heavy atom. The fourth-order valence-electron chi connectivity index (χ4n) is 9.90. The first-order valence-electron chi connectivity index (χ1n) is 21.3. The van der Waals surface area contributed by atoms with Gasteiger partial charge in [-0.25, -0.2) is 9.59 Å². The van der Waals surface area contributed by atoms with Crippen LogP contribution < -0.4 is 0 Å². The second-order valence-corrected chi connectivity index (χ2v) is 16.4. The van der Waals surface area contributed by atoms with Gasteiger partial charge in [-0.05, 0) is 117 Å². The minimum absolute atomic E-state index is 0. The molecule has 4 aromatic rings. The molecular weight excluding hydrogens is 725 g/mol. The molecule has 58 heavy (non-hydrogen) atoms. The van der Waals surface area contributed by atoms with Crippen LogP contribution in [0.25, 0.3) is 0 Å². The molecule has 2 amide bonds. The molecule has 0 unspecified atom stereocenters. The number of carbonyl (C=O) groups excluding carboxylic acids is 2. The number of piperidine rings is 6.